The number of hydrogen-bond donors (Lipinski definition) is 1. The summed E-state index contributed by atoms with van der Waals surface area (Å²) in [5.74, 6) is 0.998. The number of aliphatic hydroxyl groups is 1. The van der Waals surface area contributed by atoms with E-state index in [0.717, 1.165) is 54.9 Å². The first-order valence-electron chi connectivity index (χ1n) is 6.70. The summed E-state index contributed by atoms with van der Waals surface area (Å²) in [7, 11) is 0. The maximum Gasteiger partial charge on any atom is 0.136 e. The number of nitrogens with zero attached hydrogens (tertiary/aromatic N) is 2. The Morgan fingerprint density at radius 3 is 2.84 bits per heavy atom. The van der Waals surface area contributed by atoms with E-state index < -0.39 is 0 Å². The van der Waals surface area contributed by atoms with Crippen molar-refractivity contribution < 1.29 is 9.84 Å². The average molecular weight is 258 g/mol. The molecule has 100 valence electrons. The quantitative estimate of drug-likeness (QED) is 0.894. The summed E-state index contributed by atoms with van der Waals surface area (Å²) in [5.41, 5.74) is 0.880. The van der Waals surface area contributed by atoms with Crippen molar-refractivity contribution >= 4 is 16.6 Å². The van der Waals surface area contributed by atoms with Gasteiger partial charge in [-0.3, -0.25) is 0 Å². The second-order valence-corrected chi connectivity index (χ2v) is 4.76. The van der Waals surface area contributed by atoms with E-state index in [0.29, 0.717) is 0 Å². The van der Waals surface area contributed by atoms with E-state index in [1.807, 2.05) is 18.2 Å². The van der Waals surface area contributed by atoms with Gasteiger partial charge in [-0.05, 0) is 11.8 Å². The first kappa shape index (κ1) is 12.4. The molecule has 0 saturated carbocycles. The van der Waals surface area contributed by atoms with Crippen molar-refractivity contribution in [1.82, 2.24) is 4.98 Å². The van der Waals surface area contributed by atoms with Gasteiger partial charge in [0.2, 0.25) is 0 Å². The van der Waals surface area contributed by atoms with Crippen LogP contribution in [0.15, 0.2) is 30.5 Å². The smallest absolute Gasteiger partial charge is 0.136 e. The number of pyridine rings is 1. The Bertz CT molecular complexity index is 563. The highest BCUT2D eigenvalue weighted by Crippen LogP contribution is 2.27. The van der Waals surface area contributed by atoms with Crippen molar-refractivity contribution in [3.8, 4) is 0 Å². The number of aliphatic hydroxyl groups excluding tert-OH is 1. The van der Waals surface area contributed by atoms with Gasteiger partial charge in [0.25, 0.3) is 0 Å². The van der Waals surface area contributed by atoms with Gasteiger partial charge in [-0.25, -0.2) is 4.98 Å². The fraction of sp³-hybridized carbons (Fsp3) is 0.400. The molecule has 0 aliphatic carbocycles. The molecule has 2 aromatic rings. The summed E-state index contributed by atoms with van der Waals surface area (Å²) in [6.07, 6.45) is 2.81. The number of rotatable bonds is 2. The van der Waals surface area contributed by atoms with Crippen molar-refractivity contribution in [2.45, 2.75) is 13.0 Å². The first-order chi connectivity index (χ1) is 9.40. The molecule has 1 aliphatic heterocycles. The summed E-state index contributed by atoms with van der Waals surface area (Å²) in [4.78, 5) is 6.83. The van der Waals surface area contributed by atoms with E-state index in [1.165, 1.54) is 0 Å². The Kier molecular flexibility index (Phi) is 3.62. The minimum Gasteiger partial charge on any atom is -0.392 e. The molecule has 0 bridgehead atoms. The minimum absolute atomic E-state index is 0.0247. The number of ether oxygens (including phenoxy) is 1. The molecule has 1 aromatic carbocycles. The molecular weight excluding hydrogens is 240 g/mol. The number of anilines is 1. The maximum atomic E-state index is 9.41. The van der Waals surface area contributed by atoms with E-state index in [2.05, 4.69) is 16.0 Å². The molecule has 1 fully saturated rings. The van der Waals surface area contributed by atoms with Crippen LogP contribution in [0.5, 0.6) is 0 Å². The van der Waals surface area contributed by atoms with Gasteiger partial charge >= 0.3 is 0 Å². The number of hydrogen-bond acceptors (Lipinski definition) is 4. The zero-order valence-electron chi connectivity index (χ0n) is 10.9. The second-order valence-electron chi connectivity index (χ2n) is 4.76. The molecule has 1 N–H and O–H groups in total. The third-order valence-electron chi connectivity index (χ3n) is 3.55. The molecule has 4 nitrogen and oxygen atoms in total. The van der Waals surface area contributed by atoms with Gasteiger partial charge in [-0.1, -0.05) is 24.3 Å². The molecule has 4 heteroatoms. The zero-order chi connectivity index (χ0) is 13.1. The van der Waals surface area contributed by atoms with Gasteiger partial charge in [-0.15, -0.1) is 0 Å². The fourth-order valence-electron chi connectivity index (χ4n) is 2.57. The molecule has 0 radical (unpaired) electrons. The fourth-order valence-corrected chi connectivity index (χ4v) is 2.57. The lowest BCUT2D eigenvalue weighted by Gasteiger charge is -2.23. The summed E-state index contributed by atoms with van der Waals surface area (Å²) in [5, 5.41) is 11.6. The Morgan fingerprint density at radius 1 is 1.16 bits per heavy atom. The Morgan fingerprint density at radius 2 is 2.00 bits per heavy atom. The molecule has 0 unspecified atom stereocenters. The largest absolute Gasteiger partial charge is 0.392 e. The standard InChI is InChI=1S/C15H18N2O2/c18-11-12-10-16-15(14-5-2-1-4-13(12)14)17-6-3-8-19-9-7-17/h1-2,4-5,10,18H,3,6-9,11H2. The lowest BCUT2D eigenvalue weighted by atomic mass is 10.1. The van der Waals surface area contributed by atoms with Crippen molar-refractivity contribution in [2.75, 3.05) is 31.2 Å². The van der Waals surface area contributed by atoms with E-state index in [4.69, 9.17) is 4.74 Å². The van der Waals surface area contributed by atoms with Crippen LogP contribution >= 0.6 is 0 Å². The molecule has 3 rings (SSSR count). The van der Waals surface area contributed by atoms with Crippen molar-refractivity contribution in [1.29, 1.82) is 0 Å². The topological polar surface area (TPSA) is 45.6 Å². The van der Waals surface area contributed by atoms with Crippen LogP contribution in [-0.2, 0) is 11.3 Å². The third kappa shape index (κ3) is 2.41. The van der Waals surface area contributed by atoms with Gasteiger partial charge in [0, 0.05) is 36.8 Å². The molecule has 1 aliphatic rings. The molecule has 0 spiro atoms. The minimum atomic E-state index is 0.0247. The number of benzene rings is 1. The molecule has 1 saturated heterocycles. The average Bonchev–Trinajstić information content (AvgIpc) is 2.75. The molecule has 0 atom stereocenters. The van der Waals surface area contributed by atoms with Crippen LogP contribution in [-0.4, -0.2) is 36.4 Å². The van der Waals surface area contributed by atoms with Gasteiger partial charge in [0.1, 0.15) is 5.82 Å². The molecule has 0 amide bonds. The van der Waals surface area contributed by atoms with Crippen LogP contribution in [0.3, 0.4) is 0 Å². The molecular formula is C15H18N2O2. The molecule has 19 heavy (non-hydrogen) atoms. The van der Waals surface area contributed by atoms with Crippen LogP contribution in [0, 0.1) is 0 Å². The lowest BCUT2D eigenvalue weighted by molar-refractivity contribution is 0.152. The first-order valence-corrected chi connectivity index (χ1v) is 6.70. The van der Waals surface area contributed by atoms with E-state index in [9.17, 15) is 5.11 Å². The summed E-state index contributed by atoms with van der Waals surface area (Å²) < 4.78 is 5.49. The highest BCUT2D eigenvalue weighted by atomic mass is 16.5. The zero-order valence-corrected chi connectivity index (χ0v) is 10.9. The van der Waals surface area contributed by atoms with Crippen LogP contribution < -0.4 is 4.90 Å². The van der Waals surface area contributed by atoms with Crippen LogP contribution in [0.25, 0.3) is 10.8 Å². The lowest BCUT2D eigenvalue weighted by Crippen LogP contribution is -2.27. The van der Waals surface area contributed by atoms with Crippen LogP contribution in [0.1, 0.15) is 12.0 Å². The number of aromatic nitrogens is 1. The van der Waals surface area contributed by atoms with Gasteiger partial charge in [-0.2, -0.15) is 0 Å². The Balaban J connectivity index is 2.08. The normalized spacial score (nSPS) is 16.6. The maximum absolute atomic E-state index is 9.41. The van der Waals surface area contributed by atoms with Gasteiger partial charge < -0.3 is 14.7 Å². The van der Waals surface area contributed by atoms with Crippen molar-refractivity contribution in [2.24, 2.45) is 0 Å². The number of fused-ring (bicyclic) bond motifs is 1. The van der Waals surface area contributed by atoms with E-state index >= 15 is 0 Å². The predicted octanol–water partition coefficient (Wildman–Crippen LogP) is 1.95. The SMILES string of the molecule is OCc1cnc(N2CCCOCC2)c2ccccc12. The highest BCUT2D eigenvalue weighted by molar-refractivity contribution is 5.94. The summed E-state index contributed by atoms with van der Waals surface area (Å²) in [6.45, 7) is 3.43. The monoisotopic (exact) mass is 258 g/mol. The second kappa shape index (κ2) is 5.55. The van der Waals surface area contributed by atoms with E-state index in [1.54, 1.807) is 6.20 Å². The van der Waals surface area contributed by atoms with Crippen molar-refractivity contribution in [3.05, 3.63) is 36.0 Å². The van der Waals surface area contributed by atoms with Crippen molar-refractivity contribution in [3.63, 3.8) is 0 Å². The van der Waals surface area contributed by atoms with Gasteiger partial charge in [0.15, 0.2) is 0 Å². The van der Waals surface area contributed by atoms with Gasteiger partial charge in [0.05, 0.1) is 13.2 Å². The predicted molar refractivity (Wildman–Crippen MR) is 75.3 cm³/mol. The van der Waals surface area contributed by atoms with E-state index in [-0.39, 0.29) is 6.61 Å². The third-order valence-corrected chi connectivity index (χ3v) is 3.55. The van der Waals surface area contributed by atoms with Crippen LogP contribution in [0.4, 0.5) is 5.82 Å². The Labute approximate surface area is 112 Å². The highest BCUT2D eigenvalue weighted by Gasteiger charge is 2.15. The van der Waals surface area contributed by atoms with Crippen LogP contribution in [0.2, 0.25) is 0 Å². The molecule has 1 aromatic heterocycles. The molecule has 2 heterocycles. The Hall–Kier alpha value is -1.65. The summed E-state index contributed by atoms with van der Waals surface area (Å²) in [6, 6.07) is 8.13. The summed E-state index contributed by atoms with van der Waals surface area (Å²) >= 11 is 0.